The van der Waals surface area contributed by atoms with Crippen LogP contribution < -0.4 is 4.74 Å². The fourth-order valence-corrected chi connectivity index (χ4v) is 3.62. The highest BCUT2D eigenvalue weighted by atomic mass is 19.1. The molecule has 0 radical (unpaired) electrons. The summed E-state index contributed by atoms with van der Waals surface area (Å²) >= 11 is 0. The molecule has 1 aromatic heterocycles. The van der Waals surface area contributed by atoms with Crippen molar-refractivity contribution in [1.82, 2.24) is 9.78 Å². The average molecular weight is 422 g/mol. The van der Waals surface area contributed by atoms with Crippen molar-refractivity contribution in [2.24, 2.45) is 0 Å². The van der Waals surface area contributed by atoms with Gasteiger partial charge in [-0.25, -0.2) is 13.6 Å². The van der Waals surface area contributed by atoms with Crippen LogP contribution in [0.5, 0.6) is 5.75 Å². The minimum atomic E-state index is -0.733. The van der Waals surface area contributed by atoms with E-state index in [1.165, 1.54) is 26.4 Å². The number of aryl methyl sites for hydroxylation is 1. The number of carbonyl (C=O) groups is 1. The van der Waals surface area contributed by atoms with Gasteiger partial charge in [0, 0.05) is 5.56 Å². The SMILES string of the molecule is COC(=O)c1cc(F)c(-c2nn(Cc3ccccc3C)c3cccc(F)c23)cc1OC. The van der Waals surface area contributed by atoms with Crippen molar-refractivity contribution in [3.8, 4) is 17.0 Å². The molecule has 1 heterocycles. The summed E-state index contributed by atoms with van der Waals surface area (Å²) in [6.45, 7) is 2.38. The number of aromatic nitrogens is 2. The highest BCUT2D eigenvalue weighted by Crippen LogP contribution is 2.35. The predicted molar refractivity (Wildman–Crippen MR) is 113 cm³/mol. The molecule has 0 aliphatic rings. The second-order valence-corrected chi connectivity index (χ2v) is 7.09. The minimum Gasteiger partial charge on any atom is -0.496 e. The van der Waals surface area contributed by atoms with Crippen molar-refractivity contribution in [3.05, 3.63) is 82.9 Å². The third-order valence-electron chi connectivity index (χ3n) is 5.26. The third kappa shape index (κ3) is 3.63. The molecule has 31 heavy (non-hydrogen) atoms. The third-order valence-corrected chi connectivity index (χ3v) is 5.26. The van der Waals surface area contributed by atoms with Crippen molar-refractivity contribution < 1.29 is 23.0 Å². The lowest BCUT2D eigenvalue weighted by molar-refractivity contribution is 0.0596. The number of rotatable bonds is 5. The first-order valence-electron chi connectivity index (χ1n) is 9.60. The van der Waals surface area contributed by atoms with Crippen LogP contribution in [0.1, 0.15) is 21.5 Å². The summed E-state index contributed by atoms with van der Waals surface area (Å²) < 4.78 is 41.5. The smallest absolute Gasteiger partial charge is 0.341 e. The number of halogens is 2. The van der Waals surface area contributed by atoms with Crippen molar-refractivity contribution >= 4 is 16.9 Å². The molecule has 4 rings (SSSR count). The zero-order chi connectivity index (χ0) is 22.1. The van der Waals surface area contributed by atoms with Crippen LogP contribution in [0.3, 0.4) is 0 Å². The molecule has 0 aliphatic carbocycles. The Labute approximate surface area is 177 Å². The van der Waals surface area contributed by atoms with Crippen LogP contribution >= 0.6 is 0 Å². The molecule has 0 fully saturated rings. The number of methoxy groups -OCH3 is 2. The Bertz CT molecular complexity index is 1300. The number of benzene rings is 3. The second kappa shape index (κ2) is 8.18. The summed E-state index contributed by atoms with van der Waals surface area (Å²) in [5.74, 6) is -1.87. The number of hydrogen-bond donors (Lipinski definition) is 0. The molecule has 0 aliphatic heterocycles. The maximum atomic E-state index is 15.1. The van der Waals surface area contributed by atoms with Gasteiger partial charge in [0.1, 0.15) is 28.6 Å². The molecular weight excluding hydrogens is 402 g/mol. The normalized spacial score (nSPS) is 11.0. The van der Waals surface area contributed by atoms with Crippen molar-refractivity contribution in [2.45, 2.75) is 13.5 Å². The molecule has 0 spiro atoms. The van der Waals surface area contributed by atoms with Gasteiger partial charge in [0.25, 0.3) is 0 Å². The van der Waals surface area contributed by atoms with Gasteiger partial charge in [-0.1, -0.05) is 30.3 Å². The van der Waals surface area contributed by atoms with E-state index in [1.807, 2.05) is 31.2 Å². The summed E-state index contributed by atoms with van der Waals surface area (Å²) in [7, 11) is 2.56. The van der Waals surface area contributed by atoms with E-state index in [0.717, 1.165) is 17.2 Å². The van der Waals surface area contributed by atoms with Gasteiger partial charge in [0.2, 0.25) is 0 Å². The molecule has 0 unspecified atom stereocenters. The summed E-state index contributed by atoms with van der Waals surface area (Å²) in [6, 6.07) is 14.8. The molecule has 3 aromatic carbocycles. The first-order valence-corrected chi connectivity index (χ1v) is 9.60. The van der Waals surface area contributed by atoms with Crippen LogP contribution in [-0.2, 0) is 11.3 Å². The van der Waals surface area contributed by atoms with E-state index in [9.17, 15) is 9.18 Å². The maximum absolute atomic E-state index is 15.1. The van der Waals surface area contributed by atoms with E-state index < -0.39 is 17.6 Å². The number of carbonyl (C=O) groups excluding carboxylic acids is 1. The Morgan fingerprint density at radius 1 is 1.03 bits per heavy atom. The molecular formula is C24H20F2N2O3. The lowest BCUT2D eigenvalue weighted by atomic mass is 10.0. The van der Waals surface area contributed by atoms with Gasteiger partial charge in [-0.05, 0) is 42.3 Å². The zero-order valence-electron chi connectivity index (χ0n) is 17.3. The molecule has 0 bridgehead atoms. The Balaban J connectivity index is 1.93. The largest absolute Gasteiger partial charge is 0.496 e. The van der Waals surface area contributed by atoms with Gasteiger partial charge < -0.3 is 9.47 Å². The summed E-state index contributed by atoms with van der Waals surface area (Å²) in [6.07, 6.45) is 0. The van der Waals surface area contributed by atoms with E-state index >= 15 is 4.39 Å². The predicted octanol–water partition coefficient (Wildman–Crippen LogP) is 5.13. The first kappa shape index (κ1) is 20.5. The summed E-state index contributed by atoms with van der Waals surface area (Å²) in [5, 5.41) is 4.75. The van der Waals surface area contributed by atoms with Crippen molar-refractivity contribution in [1.29, 1.82) is 0 Å². The van der Waals surface area contributed by atoms with Gasteiger partial charge >= 0.3 is 5.97 Å². The highest BCUT2D eigenvalue weighted by molar-refractivity contribution is 5.97. The van der Waals surface area contributed by atoms with Crippen LogP contribution in [-0.4, -0.2) is 30.0 Å². The average Bonchev–Trinajstić information content (AvgIpc) is 3.14. The van der Waals surface area contributed by atoms with Gasteiger partial charge in [-0.15, -0.1) is 0 Å². The molecule has 0 saturated carbocycles. The molecule has 0 amide bonds. The van der Waals surface area contributed by atoms with Crippen LogP contribution in [0.25, 0.3) is 22.2 Å². The highest BCUT2D eigenvalue weighted by Gasteiger charge is 2.23. The van der Waals surface area contributed by atoms with Crippen molar-refractivity contribution in [3.63, 3.8) is 0 Å². The number of hydrogen-bond acceptors (Lipinski definition) is 4. The first-order chi connectivity index (χ1) is 14.9. The molecule has 4 aromatic rings. The van der Waals surface area contributed by atoms with Crippen LogP contribution in [0.4, 0.5) is 8.78 Å². The summed E-state index contributed by atoms with van der Waals surface area (Å²) in [5.41, 5.74) is 2.72. The Morgan fingerprint density at radius 2 is 1.81 bits per heavy atom. The zero-order valence-corrected chi connectivity index (χ0v) is 17.3. The number of nitrogens with zero attached hydrogens (tertiary/aromatic N) is 2. The Kier molecular flexibility index (Phi) is 5.42. The number of esters is 1. The van der Waals surface area contributed by atoms with E-state index in [1.54, 1.807) is 16.8 Å². The second-order valence-electron chi connectivity index (χ2n) is 7.09. The number of fused-ring (bicyclic) bond motifs is 1. The van der Waals surface area contributed by atoms with E-state index in [0.29, 0.717) is 12.1 Å². The Hall–Kier alpha value is -3.74. The van der Waals surface area contributed by atoms with E-state index in [4.69, 9.17) is 4.74 Å². The van der Waals surface area contributed by atoms with Gasteiger partial charge in [-0.3, -0.25) is 4.68 Å². The van der Waals surface area contributed by atoms with Gasteiger partial charge in [-0.2, -0.15) is 5.10 Å². The molecule has 0 atom stereocenters. The Morgan fingerprint density at radius 3 is 2.52 bits per heavy atom. The maximum Gasteiger partial charge on any atom is 0.341 e. The summed E-state index contributed by atoms with van der Waals surface area (Å²) in [4.78, 5) is 12.0. The van der Waals surface area contributed by atoms with Crippen molar-refractivity contribution in [2.75, 3.05) is 14.2 Å². The van der Waals surface area contributed by atoms with Crippen LogP contribution in [0.2, 0.25) is 0 Å². The monoisotopic (exact) mass is 422 g/mol. The molecule has 158 valence electrons. The molecule has 7 heteroatoms. The van der Waals surface area contributed by atoms with E-state index in [2.05, 4.69) is 9.84 Å². The van der Waals surface area contributed by atoms with Gasteiger partial charge in [0.05, 0.1) is 31.7 Å². The molecule has 0 N–H and O–H groups in total. The lowest BCUT2D eigenvalue weighted by Crippen LogP contribution is -2.06. The standard InChI is InChI=1S/C24H20F2N2O3/c1-14-7-4-5-8-15(14)13-28-20-10-6-9-18(25)22(20)23(27-28)16-12-21(30-2)17(11-19(16)26)24(29)31-3/h4-12H,13H2,1-3H3. The van der Waals surface area contributed by atoms with Gasteiger partial charge in [0.15, 0.2) is 0 Å². The number of ether oxygens (including phenoxy) is 2. The fraction of sp³-hybridized carbons (Fsp3) is 0.167. The topological polar surface area (TPSA) is 53.3 Å². The fourth-order valence-electron chi connectivity index (χ4n) is 3.62. The van der Waals surface area contributed by atoms with Crippen LogP contribution in [0.15, 0.2) is 54.6 Å². The molecule has 5 nitrogen and oxygen atoms in total. The quantitative estimate of drug-likeness (QED) is 0.418. The minimum absolute atomic E-state index is 0.0307. The molecule has 0 saturated heterocycles. The van der Waals surface area contributed by atoms with Crippen LogP contribution in [0, 0.1) is 18.6 Å². The van der Waals surface area contributed by atoms with E-state index in [-0.39, 0.29) is 28.0 Å². The lowest BCUT2D eigenvalue weighted by Gasteiger charge is -2.10.